The maximum absolute atomic E-state index is 13.9. The molecule has 0 amide bonds. The maximum Gasteiger partial charge on any atom is 0.142 e. The van der Waals surface area contributed by atoms with Gasteiger partial charge in [0.25, 0.3) is 0 Å². The van der Waals surface area contributed by atoms with Crippen molar-refractivity contribution in [3.8, 4) is 11.1 Å². The van der Waals surface area contributed by atoms with Crippen molar-refractivity contribution in [3.05, 3.63) is 52.5 Å². The standard InChI is InChI=1S/C18H15Cl2FN2O/c19-15-5-3-11(8-16(15)21)14-10-23(9-12-2-1-7-24-12)18-13(14)4-6-17(20)22-18/h3-6,8,10,12H,1-2,7,9H2. The Morgan fingerprint density at radius 1 is 1.25 bits per heavy atom. The van der Waals surface area contributed by atoms with Crippen molar-refractivity contribution >= 4 is 34.2 Å². The van der Waals surface area contributed by atoms with Gasteiger partial charge in [0.15, 0.2) is 0 Å². The largest absolute Gasteiger partial charge is 0.376 e. The van der Waals surface area contributed by atoms with E-state index in [9.17, 15) is 4.39 Å². The average molecular weight is 365 g/mol. The van der Waals surface area contributed by atoms with Crippen LogP contribution in [0.25, 0.3) is 22.2 Å². The quantitative estimate of drug-likeness (QED) is 0.587. The number of fused-ring (bicyclic) bond motifs is 1. The Balaban J connectivity index is 1.84. The van der Waals surface area contributed by atoms with E-state index < -0.39 is 5.82 Å². The summed E-state index contributed by atoms with van der Waals surface area (Å²) in [7, 11) is 0. The van der Waals surface area contributed by atoms with Crippen LogP contribution in [-0.2, 0) is 11.3 Å². The van der Waals surface area contributed by atoms with Gasteiger partial charge in [-0.05, 0) is 42.7 Å². The van der Waals surface area contributed by atoms with E-state index in [1.54, 1.807) is 12.1 Å². The van der Waals surface area contributed by atoms with E-state index >= 15 is 0 Å². The molecule has 2 aromatic heterocycles. The SMILES string of the molecule is Fc1cc(-c2cn(CC3CCCO3)c3nc(Cl)ccc23)ccc1Cl. The summed E-state index contributed by atoms with van der Waals surface area (Å²) in [6, 6.07) is 8.49. The molecule has 24 heavy (non-hydrogen) atoms. The summed E-state index contributed by atoms with van der Waals surface area (Å²) in [5.74, 6) is -0.434. The molecule has 1 saturated heterocycles. The highest BCUT2D eigenvalue weighted by molar-refractivity contribution is 6.31. The van der Waals surface area contributed by atoms with Gasteiger partial charge in [0.05, 0.1) is 17.7 Å². The van der Waals surface area contributed by atoms with Gasteiger partial charge >= 0.3 is 0 Å². The highest BCUT2D eigenvalue weighted by Crippen LogP contribution is 2.33. The molecule has 1 fully saturated rings. The second-order valence-electron chi connectivity index (χ2n) is 5.96. The number of halogens is 3. The van der Waals surface area contributed by atoms with Crippen LogP contribution in [0, 0.1) is 5.82 Å². The van der Waals surface area contributed by atoms with Gasteiger partial charge in [0.2, 0.25) is 0 Å². The van der Waals surface area contributed by atoms with Crippen LogP contribution in [0.15, 0.2) is 36.5 Å². The topological polar surface area (TPSA) is 27.1 Å². The van der Waals surface area contributed by atoms with Gasteiger partial charge in [0, 0.05) is 23.8 Å². The monoisotopic (exact) mass is 364 g/mol. The first-order chi connectivity index (χ1) is 11.6. The summed E-state index contributed by atoms with van der Waals surface area (Å²) in [6.45, 7) is 1.51. The molecule has 1 atom stereocenters. The van der Waals surface area contributed by atoms with Crippen molar-refractivity contribution < 1.29 is 9.13 Å². The van der Waals surface area contributed by atoms with Crippen LogP contribution in [0.3, 0.4) is 0 Å². The summed E-state index contributed by atoms with van der Waals surface area (Å²) in [4.78, 5) is 4.46. The number of aromatic nitrogens is 2. The third-order valence-electron chi connectivity index (χ3n) is 4.34. The number of hydrogen-bond donors (Lipinski definition) is 0. The minimum absolute atomic E-state index is 0.114. The van der Waals surface area contributed by atoms with Crippen molar-refractivity contribution in [1.82, 2.24) is 9.55 Å². The number of pyridine rings is 1. The van der Waals surface area contributed by atoms with Crippen LogP contribution in [0.4, 0.5) is 4.39 Å². The van der Waals surface area contributed by atoms with E-state index in [0.717, 1.165) is 41.6 Å². The van der Waals surface area contributed by atoms with Crippen molar-refractivity contribution in [3.63, 3.8) is 0 Å². The Bertz CT molecular complexity index is 903. The summed E-state index contributed by atoms with van der Waals surface area (Å²) >= 11 is 11.9. The number of ether oxygens (including phenoxy) is 1. The van der Waals surface area contributed by atoms with Gasteiger partial charge in [-0.15, -0.1) is 0 Å². The summed E-state index contributed by atoms with van der Waals surface area (Å²) in [5, 5.41) is 1.48. The van der Waals surface area contributed by atoms with Crippen LogP contribution < -0.4 is 0 Å². The van der Waals surface area contributed by atoms with E-state index in [-0.39, 0.29) is 11.1 Å². The third-order valence-corrected chi connectivity index (χ3v) is 4.86. The minimum Gasteiger partial charge on any atom is -0.376 e. The van der Waals surface area contributed by atoms with Gasteiger partial charge in [-0.1, -0.05) is 29.3 Å². The van der Waals surface area contributed by atoms with Gasteiger partial charge in [0.1, 0.15) is 16.6 Å². The van der Waals surface area contributed by atoms with Gasteiger partial charge in [-0.2, -0.15) is 0 Å². The molecule has 0 N–H and O–H groups in total. The fourth-order valence-corrected chi connectivity index (χ4v) is 3.44. The Kier molecular flexibility index (Phi) is 4.21. The highest BCUT2D eigenvalue weighted by atomic mass is 35.5. The van der Waals surface area contributed by atoms with Crippen LogP contribution in [0.5, 0.6) is 0 Å². The molecular weight excluding hydrogens is 350 g/mol. The van der Waals surface area contributed by atoms with E-state index in [2.05, 4.69) is 4.98 Å². The number of nitrogens with zero attached hydrogens (tertiary/aromatic N) is 2. The summed E-state index contributed by atoms with van der Waals surface area (Å²) in [5.41, 5.74) is 2.45. The molecule has 3 nitrogen and oxygen atoms in total. The van der Waals surface area contributed by atoms with Crippen molar-refractivity contribution in [2.75, 3.05) is 6.61 Å². The molecule has 4 rings (SSSR count). The average Bonchev–Trinajstić information content (AvgIpc) is 3.19. The van der Waals surface area contributed by atoms with Crippen LogP contribution in [0.1, 0.15) is 12.8 Å². The van der Waals surface area contributed by atoms with Crippen LogP contribution >= 0.6 is 23.2 Å². The first-order valence-electron chi connectivity index (χ1n) is 7.84. The van der Waals surface area contributed by atoms with Gasteiger partial charge < -0.3 is 9.30 Å². The van der Waals surface area contributed by atoms with Crippen molar-refractivity contribution in [2.24, 2.45) is 0 Å². The molecule has 3 heterocycles. The Labute approximate surface area is 149 Å². The lowest BCUT2D eigenvalue weighted by molar-refractivity contribution is 0.0979. The zero-order valence-corrected chi connectivity index (χ0v) is 14.3. The predicted octanol–water partition coefficient (Wildman–Crippen LogP) is 5.33. The van der Waals surface area contributed by atoms with Crippen LogP contribution in [0.2, 0.25) is 10.2 Å². The number of benzene rings is 1. The van der Waals surface area contributed by atoms with E-state index in [0.29, 0.717) is 11.7 Å². The fraction of sp³-hybridized carbons (Fsp3) is 0.278. The molecule has 1 aliphatic heterocycles. The molecule has 0 saturated carbocycles. The first kappa shape index (κ1) is 15.9. The molecule has 124 valence electrons. The molecule has 0 aliphatic carbocycles. The molecule has 0 bridgehead atoms. The molecule has 1 aliphatic rings. The lowest BCUT2D eigenvalue weighted by Crippen LogP contribution is -2.14. The predicted molar refractivity (Wildman–Crippen MR) is 94.1 cm³/mol. The zero-order valence-electron chi connectivity index (χ0n) is 12.8. The lowest BCUT2D eigenvalue weighted by atomic mass is 10.1. The van der Waals surface area contributed by atoms with E-state index in [1.165, 1.54) is 6.07 Å². The van der Waals surface area contributed by atoms with Gasteiger partial charge in [-0.25, -0.2) is 9.37 Å². The third kappa shape index (κ3) is 2.90. The molecule has 0 radical (unpaired) electrons. The summed E-state index contributed by atoms with van der Waals surface area (Å²) < 4.78 is 21.6. The molecule has 6 heteroatoms. The highest BCUT2D eigenvalue weighted by Gasteiger charge is 2.19. The fourth-order valence-electron chi connectivity index (χ4n) is 3.18. The maximum atomic E-state index is 13.9. The Hall–Kier alpha value is -1.62. The van der Waals surface area contributed by atoms with E-state index in [4.69, 9.17) is 27.9 Å². The number of hydrogen-bond acceptors (Lipinski definition) is 2. The molecule has 1 aromatic carbocycles. The molecule has 1 unspecified atom stereocenters. The summed E-state index contributed by atoms with van der Waals surface area (Å²) in [6.07, 6.45) is 4.27. The second-order valence-corrected chi connectivity index (χ2v) is 6.76. The Morgan fingerprint density at radius 3 is 2.88 bits per heavy atom. The van der Waals surface area contributed by atoms with Gasteiger partial charge in [-0.3, -0.25) is 0 Å². The smallest absolute Gasteiger partial charge is 0.142 e. The minimum atomic E-state index is -0.434. The second kappa shape index (κ2) is 6.36. The first-order valence-corrected chi connectivity index (χ1v) is 8.60. The zero-order chi connectivity index (χ0) is 16.7. The van der Waals surface area contributed by atoms with Crippen LogP contribution in [-0.4, -0.2) is 22.3 Å². The lowest BCUT2D eigenvalue weighted by Gasteiger charge is -2.11. The molecular formula is C18H15Cl2FN2O. The number of rotatable bonds is 3. The Morgan fingerprint density at radius 2 is 2.12 bits per heavy atom. The molecule has 0 spiro atoms. The van der Waals surface area contributed by atoms with Crippen molar-refractivity contribution in [1.29, 1.82) is 0 Å². The molecule has 3 aromatic rings. The normalized spacial score (nSPS) is 17.7. The van der Waals surface area contributed by atoms with Crippen molar-refractivity contribution in [2.45, 2.75) is 25.5 Å². The van der Waals surface area contributed by atoms with E-state index in [1.807, 2.05) is 22.9 Å².